The van der Waals surface area contributed by atoms with E-state index in [0.717, 1.165) is 6.42 Å². The number of aliphatic hydroxyl groups excluding tert-OH is 1. The van der Waals surface area contributed by atoms with Gasteiger partial charge in [0.1, 0.15) is 0 Å². The molecule has 3 N–H and O–H groups in total. The number of carbonyl (C=O) groups is 2. The van der Waals surface area contributed by atoms with Crippen LogP contribution in [0.3, 0.4) is 0 Å². The number of hydrogen-bond donors (Lipinski definition) is 3. The number of nitrogens with zero attached hydrogens (tertiary/aromatic N) is 1. The molecule has 7 heteroatoms. The first-order valence-corrected chi connectivity index (χ1v) is 7.04. The second-order valence-electron chi connectivity index (χ2n) is 4.64. The SMILES string of the molecule is O=C(O)c1cccc(Br)c1NC(=O)N1CCCC(O)C1. The minimum Gasteiger partial charge on any atom is -0.478 e. The molecule has 1 aliphatic rings. The lowest BCUT2D eigenvalue weighted by Crippen LogP contribution is -2.44. The normalized spacial score (nSPS) is 18.7. The standard InChI is InChI=1S/C13H15BrN2O4/c14-10-5-1-4-9(12(18)19)11(10)15-13(20)16-6-2-3-8(17)7-16/h1,4-5,8,17H,2-3,6-7H2,(H,15,20)(H,18,19). The molecule has 2 amide bonds. The number of likely N-dealkylation sites (tertiary alicyclic amines) is 1. The molecule has 6 nitrogen and oxygen atoms in total. The maximum Gasteiger partial charge on any atom is 0.337 e. The maximum absolute atomic E-state index is 12.1. The van der Waals surface area contributed by atoms with Crippen LogP contribution in [-0.2, 0) is 0 Å². The summed E-state index contributed by atoms with van der Waals surface area (Å²) in [4.78, 5) is 24.8. The Morgan fingerprint density at radius 2 is 2.15 bits per heavy atom. The number of aliphatic hydroxyl groups is 1. The zero-order valence-electron chi connectivity index (χ0n) is 10.7. The molecule has 1 aliphatic heterocycles. The van der Waals surface area contributed by atoms with E-state index in [2.05, 4.69) is 21.2 Å². The van der Waals surface area contributed by atoms with E-state index < -0.39 is 18.1 Å². The molecule has 2 rings (SSSR count). The fourth-order valence-electron chi connectivity index (χ4n) is 2.15. The Bertz CT molecular complexity index is 535. The Balaban J connectivity index is 2.17. The largest absolute Gasteiger partial charge is 0.478 e. The van der Waals surface area contributed by atoms with Crippen LogP contribution < -0.4 is 5.32 Å². The summed E-state index contributed by atoms with van der Waals surface area (Å²) in [6, 6.07) is 4.27. The van der Waals surface area contributed by atoms with E-state index in [9.17, 15) is 14.7 Å². The number of urea groups is 1. The molecule has 20 heavy (non-hydrogen) atoms. The molecule has 1 aromatic rings. The molecule has 0 saturated carbocycles. The Morgan fingerprint density at radius 1 is 1.40 bits per heavy atom. The highest BCUT2D eigenvalue weighted by Gasteiger charge is 2.24. The molecule has 0 radical (unpaired) electrons. The number of amides is 2. The molecule has 0 aromatic heterocycles. The van der Waals surface area contributed by atoms with Crippen molar-refractivity contribution in [3.05, 3.63) is 28.2 Å². The molecule has 0 bridgehead atoms. The summed E-state index contributed by atoms with van der Waals surface area (Å²) in [6.45, 7) is 0.814. The van der Waals surface area contributed by atoms with E-state index in [1.165, 1.54) is 11.0 Å². The molecule has 0 aliphatic carbocycles. The van der Waals surface area contributed by atoms with Crippen LogP contribution in [0.2, 0.25) is 0 Å². The first-order valence-electron chi connectivity index (χ1n) is 6.25. The van der Waals surface area contributed by atoms with Crippen molar-refractivity contribution < 1.29 is 19.8 Å². The highest BCUT2D eigenvalue weighted by molar-refractivity contribution is 9.10. The first kappa shape index (κ1) is 14.8. The number of carboxylic acid groups (broad SMARTS) is 1. The van der Waals surface area contributed by atoms with Crippen LogP contribution in [0.25, 0.3) is 0 Å². The predicted octanol–water partition coefficient (Wildman–Crippen LogP) is 2.14. The monoisotopic (exact) mass is 342 g/mol. The molecular weight excluding hydrogens is 328 g/mol. The average molecular weight is 343 g/mol. The van der Waals surface area contributed by atoms with Gasteiger partial charge in [-0.2, -0.15) is 0 Å². The molecule has 1 saturated heterocycles. The summed E-state index contributed by atoms with van der Waals surface area (Å²) in [5, 5.41) is 21.3. The van der Waals surface area contributed by atoms with E-state index in [1.54, 1.807) is 12.1 Å². The van der Waals surface area contributed by atoms with E-state index in [1.807, 2.05) is 0 Å². The van der Waals surface area contributed by atoms with Crippen molar-refractivity contribution >= 4 is 33.6 Å². The van der Waals surface area contributed by atoms with Gasteiger partial charge in [-0.3, -0.25) is 0 Å². The van der Waals surface area contributed by atoms with E-state index in [4.69, 9.17) is 5.11 Å². The highest BCUT2D eigenvalue weighted by atomic mass is 79.9. The second kappa shape index (κ2) is 6.23. The van der Waals surface area contributed by atoms with Crippen LogP contribution in [0.15, 0.2) is 22.7 Å². The van der Waals surface area contributed by atoms with Crippen LogP contribution in [-0.4, -0.2) is 46.3 Å². The third kappa shape index (κ3) is 3.29. The first-order chi connectivity index (χ1) is 9.49. The summed E-state index contributed by atoms with van der Waals surface area (Å²) >= 11 is 3.23. The highest BCUT2D eigenvalue weighted by Crippen LogP contribution is 2.27. The number of hydrogen-bond acceptors (Lipinski definition) is 3. The molecule has 1 fully saturated rings. The zero-order chi connectivity index (χ0) is 14.7. The van der Waals surface area contributed by atoms with Gasteiger partial charge in [-0.05, 0) is 40.9 Å². The maximum atomic E-state index is 12.1. The third-order valence-corrected chi connectivity index (χ3v) is 3.82. The Morgan fingerprint density at radius 3 is 2.80 bits per heavy atom. The minimum atomic E-state index is -1.11. The van der Waals surface area contributed by atoms with Crippen molar-refractivity contribution in [2.45, 2.75) is 18.9 Å². The third-order valence-electron chi connectivity index (χ3n) is 3.16. The number of benzene rings is 1. The lowest BCUT2D eigenvalue weighted by atomic mass is 10.1. The number of carboxylic acids is 1. The van der Waals surface area contributed by atoms with Crippen LogP contribution in [0.5, 0.6) is 0 Å². The van der Waals surface area contributed by atoms with Crippen LogP contribution >= 0.6 is 15.9 Å². The van der Waals surface area contributed by atoms with Gasteiger partial charge in [-0.1, -0.05) is 6.07 Å². The van der Waals surface area contributed by atoms with Crippen LogP contribution in [0, 0.1) is 0 Å². The van der Waals surface area contributed by atoms with Crippen molar-refractivity contribution in [3.8, 4) is 0 Å². The number of anilines is 1. The number of rotatable bonds is 2. The molecule has 0 spiro atoms. The molecule has 1 atom stereocenters. The number of nitrogens with one attached hydrogen (secondary N) is 1. The number of halogens is 1. The summed E-state index contributed by atoms with van der Waals surface area (Å²) in [7, 11) is 0. The number of aromatic carboxylic acids is 1. The van der Waals surface area contributed by atoms with Crippen LogP contribution in [0.1, 0.15) is 23.2 Å². The van der Waals surface area contributed by atoms with Crippen molar-refractivity contribution in [2.24, 2.45) is 0 Å². The Hall–Kier alpha value is -1.60. The topological polar surface area (TPSA) is 89.9 Å². The summed E-state index contributed by atoms with van der Waals surface area (Å²) in [6.07, 6.45) is 0.892. The second-order valence-corrected chi connectivity index (χ2v) is 5.49. The number of carbonyl (C=O) groups excluding carboxylic acids is 1. The van der Waals surface area contributed by atoms with Crippen molar-refractivity contribution in [3.63, 3.8) is 0 Å². The van der Waals surface area contributed by atoms with E-state index >= 15 is 0 Å². The van der Waals surface area contributed by atoms with Gasteiger partial charge in [0.25, 0.3) is 0 Å². The van der Waals surface area contributed by atoms with Crippen LogP contribution in [0.4, 0.5) is 10.5 Å². The molecule has 1 aromatic carbocycles. The van der Waals surface area contributed by atoms with Gasteiger partial charge < -0.3 is 20.4 Å². The fourth-order valence-corrected chi connectivity index (χ4v) is 2.62. The predicted molar refractivity (Wildman–Crippen MR) is 76.9 cm³/mol. The number of β-amino-alcohol motifs (C(OH)–C–C–N with tert-alkyl or cyclic N) is 1. The fraction of sp³-hybridized carbons (Fsp3) is 0.385. The Kier molecular flexibility index (Phi) is 4.61. The molecule has 1 heterocycles. The van der Waals surface area contributed by atoms with Crippen molar-refractivity contribution in [2.75, 3.05) is 18.4 Å². The van der Waals surface area contributed by atoms with E-state index in [-0.39, 0.29) is 17.8 Å². The van der Waals surface area contributed by atoms with E-state index in [0.29, 0.717) is 17.4 Å². The molecule has 1 unspecified atom stereocenters. The molecular formula is C13H15BrN2O4. The summed E-state index contributed by atoms with van der Waals surface area (Å²) in [5.41, 5.74) is 0.246. The Labute approximate surface area is 124 Å². The summed E-state index contributed by atoms with van der Waals surface area (Å²) in [5.74, 6) is -1.11. The van der Waals surface area contributed by atoms with Gasteiger partial charge >= 0.3 is 12.0 Å². The van der Waals surface area contributed by atoms with Gasteiger partial charge in [0, 0.05) is 17.6 Å². The van der Waals surface area contributed by atoms with Gasteiger partial charge in [-0.15, -0.1) is 0 Å². The van der Waals surface area contributed by atoms with Crippen molar-refractivity contribution in [1.82, 2.24) is 4.90 Å². The van der Waals surface area contributed by atoms with Gasteiger partial charge in [0.15, 0.2) is 0 Å². The quantitative estimate of drug-likeness (QED) is 0.767. The average Bonchev–Trinajstić information content (AvgIpc) is 2.40. The van der Waals surface area contributed by atoms with Gasteiger partial charge in [0.05, 0.1) is 17.4 Å². The molecule has 108 valence electrons. The van der Waals surface area contributed by atoms with Gasteiger partial charge in [-0.25, -0.2) is 9.59 Å². The van der Waals surface area contributed by atoms with Crippen molar-refractivity contribution in [1.29, 1.82) is 0 Å². The smallest absolute Gasteiger partial charge is 0.337 e. The number of para-hydroxylation sites is 1. The number of piperidine rings is 1. The minimum absolute atomic E-state index is 0.0188. The summed E-state index contributed by atoms with van der Waals surface area (Å²) < 4.78 is 0.503. The zero-order valence-corrected chi connectivity index (χ0v) is 12.3. The lowest BCUT2D eigenvalue weighted by Gasteiger charge is -2.30. The van der Waals surface area contributed by atoms with Gasteiger partial charge in [0.2, 0.25) is 0 Å². The lowest BCUT2D eigenvalue weighted by molar-refractivity contribution is 0.0697.